The fourth-order valence-corrected chi connectivity index (χ4v) is 4.36. The van der Waals surface area contributed by atoms with Crippen LogP contribution in [0.2, 0.25) is 0 Å². The third-order valence-electron chi connectivity index (χ3n) is 6.27. The highest BCUT2D eigenvalue weighted by atomic mass is 19.4. The van der Waals surface area contributed by atoms with Gasteiger partial charge in [0.15, 0.2) is 0 Å². The Morgan fingerprint density at radius 1 is 1.17 bits per heavy atom. The van der Waals surface area contributed by atoms with Gasteiger partial charge in [0.05, 0.1) is 5.41 Å². The SMILES string of the molecule is C=C.C=C(C)c1ccc(OCC(C)(C)F)c(C(=C)N2CC3CC3(c3nccc(C(F)(F)F)n3)C2)c1. The molecule has 0 amide bonds. The minimum absolute atomic E-state index is 0.121. The zero-order valence-corrected chi connectivity index (χ0v) is 20.4. The Balaban J connectivity index is 0.00000167. The minimum atomic E-state index is -4.51. The second kappa shape index (κ2) is 9.47. The van der Waals surface area contributed by atoms with Crippen LogP contribution in [0.1, 0.15) is 49.8 Å². The second-order valence-electron chi connectivity index (χ2n) is 9.65. The maximum atomic E-state index is 14.1. The first kappa shape index (κ1) is 26.4. The predicted molar refractivity (Wildman–Crippen MR) is 131 cm³/mol. The molecule has 2 heterocycles. The van der Waals surface area contributed by atoms with Crippen LogP contribution in [-0.4, -0.2) is 40.2 Å². The van der Waals surface area contributed by atoms with Crippen LogP contribution < -0.4 is 4.74 Å². The van der Waals surface area contributed by atoms with Crippen LogP contribution in [0.15, 0.2) is 56.8 Å². The summed E-state index contributed by atoms with van der Waals surface area (Å²) in [5.41, 5.74) is 0.190. The second-order valence-corrected chi connectivity index (χ2v) is 9.65. The molecule has 2 fully saturated rings. The van der Waals surface area contributed by atoms with Gasteiger partial charge in [0.2, 0.25) is 0 Å². The summed E-state index contributed by atoms with van der Waals surface area (Å²) >= 11 is 0. The highest BCUT2D eigenvalue weighted by Gasteiger charge is 2.63. The molecule has 0 N–H and O–H groups in total. The first-order valence-electron chi connectivity index (χ1n) is 11.3. The largest absolute Gasteiger partial charge is 0.490 e. The molecular weight excluding hydrogens is 458 g/mol. The molecule has 2 aliphatic rings. The number of aromatic nitrogens is 2. The summed E-state index contributed by atoms with van der Waals surface area (Å²) in [6, 6.07) is 6.43. The lowest BCUT2D eigenvalue weighted by atomic mass is 10.0. The maximum absolute atomic E-state index is 14.1. The summed E-state index contributed by atoms with van der Waals surface area (Å²) in [7, 11) is 0. The van der Waals surface area contributed by atoms with Gasteiger partial charge in [-0.1, -0.05) is 24.8 Å². The van der Waals surface area contributed by atoms with Gasteiger partial charge >= 0.3 is 6.18 Å². The van der Waals surface area contributed by atoms with Crippen LogP contribution in [0, 0.1) is 5.92 Å². The van der Waals surface area contributed by atoms with E-state index in [4.69, 9.17) is 4.74 Å². The number of alkyl halides is 4. The summed E-state index contributed by atoms with van der Waals surface area (Å²) in [5.74, 6) is 0.876. The number of likely N-dealkylation sites (tertiary alicyclic amines) is 1. The van der Waals surface area contributed by atoms with Gasteiger partial charge in [-0.15, -0.1) is 13.2 Å². The molecule has 4 nitrogen and oxygen atoms in total. The molecule has 1 aliphatic heterocycles. The van der Waals surface area contributed by atoms with E-state index in [1.807, 2.05) is 24.0 Å². The first-order chi connectivity index (χ1) is 16.3. The lowest BCUT2D eigenvalue weighted by molar-refractivity contribution is -0.141. The van der Waals surface area contributed by atoms with Crippen LogP contribution in [0.4, 0.5) is 17.6 Å². The summed E-state index contributed by atoms with van der Waals surface area (Å²) in [4.78, 5) is 10.1. The zero-order valence-electron chi connectivity index (χ0n) is 20.4. The summed E-state index contributed by atoms with van der Waals surface area (Å²) < 4.78 is 59.3. The normalized spacial score (nSPS) is 21.0. The number of hydrogen-bond donors (Lipinski definition) is 0. The van der Waals surface area contributed by atoms with Crippen molar-refractivity contribution in [2.24, 2.45) is 5.92 Å². The fourth-order valence-electron chi connectivity index (χ4n) is 4.36. The molecule has 1 aromatic carbocycles. The van der Waals surface area contributed by atoms with Crippen molar-refractivity contribution in [3.05, 3.63) is 79.4 Å². The van der Waals surface area contributed by atoms with E-state index in [9.17, 15) is 17.6 Å². The number of allylic oxidation sites excluding steroid dienone is 1. The average molecular weight is 490 g/mol. The molecule has 1 aliphatic carbocycles. The summed E-state index contributed by atoms with van der Waals surface area (Å²) in [6.07, 6.45) is -2.60. The van der Waals surface area contributed by atoms with Crippen molar-refractivity contribution in [2.75, 3.05) is 19.7 Å². The lowest BCUT2D eigenvalue weighted by Gasteiger charge is -2.27. The Morgan fingerprint density at radius 3 is 2.46 bits per heavy atom. The van der Waals surface area contributed by atoms with Crippen LogP contribution in [0.25, 0.3) is 11.3 Å². The standard InChI is InChI=1S/C25H27F4N3O.C2H4/c1-15(2)17-6-7-20(33-14-23(4,5)26)19(10-17)16(3)32-12-18-11-24(18,13-32)22-30-9-8-21(31-22)25(27,28)29;1-2/h6-10,18H,1,3,11-14H2,2,4-5H3;1-2H2. The van der Waals surface area contributed by atoms with Crippen molar-refractivity contribution in [1.82, 2.24) is 14.9 Å². The quantitative estimate of drug-likeness (QED) is 0.320. The maximum Gasteiger partial charge on any atom is 0.433 e. The number of fused-ring (bicyclic) bond motifs is 1. The smallest absolute Gasteiger partial charge is 0.433 e. The number of hydrogen-bond acceptors (Lipinski definition) is 4. The molecule has 35 heavy (non-hydrogen) atoms. The summed E-state index contributed by atoms with van der Waals surface area (Å²) in [6.45, 7) is 20.0. The molecule has 2 aromatic rings. The third-order valence-corrected chi connectivity index (χ3v) is 6.27. The van der Waals surface area contributed by atoms with E-state index < -0.39 is 23.0 Å². The Labute approximate surface area is 204 Å². The van der Waals surface area contributed by atoms with E-state index in [2.05, 4.69) is 36.3 Å². The van der Waals surface area contributed by atoms with Gasteiger partial charge in [-0.25, -0.2) is 14.4 Å². The van der Waals surface area contributed by atoms with Crippen molar-refractivity contribution in [3.8, 4) is 5.75 Å². The van der Waals surface area contributed by atoms with Crippen LogP contribution >= 0.6 is 0 Å². The molecule has 1 aromatic heterocycles. The number of piperidine rings is 1. The van der Waals surface area contributed by atoms with Gasteiger partial charge in [0, 0.05) is 30.5 Å². The van der Waals surface area contributed by atoms with Gasteiger partial charge in [0.1, 0.15) is 29.5 Å². The predicted octanol–water partition coefficient (Wildman–Crippen LogP) is 6.70. The molecule has 2 atom stereocenters. The van der Waals surface area contributed by atoms with Crippen LogP contribution in [0.3, 0.4) is 0 Å². The van der Waals surface area contributed by atoms with Crippen molar-refractivity contribution < 1.29 is 22.3 Å². The van der Waals surface area contributed by atoms with Crippen molar-refractivity contribution >= 4 is 11.3 Å². The molecule has 2 unspecified atom stereocenters. The topological polar surface area (TPSA) is 38.2 Å². The Hall–Kier alpha value is -3.16. The number of nitrogens with zero attached hydrogens (tertiary/aromatic N) is 3. The van der Waals surface area contributed by atoms with Crippen LogP contribution in [0.5, 0.6) is 5.75 Å². The van der Waals surface area contributed by atoms with Crippen molar-refractivity contribution in [1.29, 1.82) is 0 Å². The molecule has 188 valence electrons. The summed E-state index contributed by atoms with van der Waals surface area (Å²) in [5, 5.41) is 0. The monoisotopic (exact) mass is 489 g/mol. The Morgan fingerprint density at radius 2 is 1.86 bits per heavy atom. The molecule has 1 saturated heterocycles. The van der Waals surface area contributed by atoms with E-state index in [1.54, 1.807) is 6.07 Å². The lowest BCUT2D eigenvalue weighted by Crippen LogP contribution is -2.27. The van der Waals surface area contributed by atoms with Gasteiger partial charge in [-0.05, 0) is 56.9 Å². The Bertz CT molecular complexity index is 1120. The van der Waals surface area contributed by atoms with Crippen molar-refractivity contribution in [2.45, 2.75) is 44.5 Å². The molecule has 8 heteroatoms. The molecule has 0 bridgehead atoms. The molecule has 1 saturated carbocycles. The van der Waals surface area contributed by atoms with Gasteiger partial charge in [-0.3, -0.25) is 0 Å². The fraction of sp³-hybridized carbons (Fsp3) is 0.407. The first-order valence-corrected chi connectivity index (χ1v) is 11.3. The number of halogens is 4. The highest BCUT2D eigenvalue weighted by Crippen LogP contribution is 2.59. The molecule has 0 spiro atoms. The van der Waals surface area contributed by atoms with Gasteiger partial charge in [0.25, 0.3) is 0 Å². The third kappa shape index (κ3) is 5.57. The van der Waals surface area contributed by atoms with E-state index in [1.165, 1.54) is 20.0 Å². The minimum Gasteiger partial charge on any atom is -0.490 e. The highest BCUT2D eigenvalue weighted by molar-refractivity contribution is 5.73. The Kier molecular flexibility index (Phi) is 7.16. The van der Waals surface area contributed by atoms with Gasteiger partial charge in [-0.2, -0.15) is 13.2 Å². The van der Waals surface area contributed by atoms with E-state index in [0.717, 1.165) is 23.6 Å². The molecule has 4 rings (SSSR count). The van der Waals surface area contributed by atoms with Crippen molar-refractivity contribution in [3.63, 3.8) is 0 Å². The number of benzene rings is 1. The van der Waals surface area contributed by atoms with Gasteiger partial charge < -0.3 is 9.64 Å². The zero-order chi connectivity index (χ0) is 26.2. The average Bonchev–Trinajstić information content (AvgIpc) is 3.38. The number of ether oxygens (including phenoxy) is 1. The van der Waals surface area contributed by atoms with Crippen LogP contribution in [-0.2, 0) is 11.6 Å². The van der Waals surface area contributed by atoms with E-state index in [0.29, 0.717) is 30.1 Å². The van der Waals surface area contributed by atoms with E-state index in [-0.39, 0.29) is 18.3 Å². The molecule has 0 radical (unpaired) electrons. The molecular formula is C27H31F4N3O. The number of rotatable bonds is 7. The van der Waals surface area contributed by atoms with E-state index >= 15 is 0 Å².